The molecule has 1 N–H and O–H groups in total. The highest BCUT2D eigenvalue weighted by atomic mass is 35.5. The van der Waals surface area contributed by atoms with Crippen LogP contribution < -0.4 is 10.9 Å². The van der Waals surface area contributed by atoms with Crippen molar-refractivity contribution in [3.63, 3.8) is 0 Å². The van der Waals surface area contributed by atoms with Gasteiger partial charge in [-0.2, -0.15) is 5.10 Å². The van der Waals surface area contributed by atoms with Crippen molar-refractivity contribution < 1.29 is 0 Å². The quantitative estimate of drug-likeness (QED) is 0.918. The molecule has 1 heterocycles. The maximum Gasteiger partial charge on any atom is 0.287 e. The summed E-state index contributed by atoms with van der Waals surface area (Å²) in [5.74, 6) is 0.666. The fraction of sp³-hybridized carbons (Fsp3) is 0.692. The molecule has 1 aliphatic rings. The normalized spacial score (nSPS) is 23.9. The number of hydrogen-bond acceptors (Lipinski definition) is 3. The van der Waals surface area contributed by atoms with Crippen LogP contribution in [0.15, 0.2) is 11.0 Å². The summed E-state index contributed by atoms with van der Waals surface area (Å²) in [5.41, 5.74) is 0.427. The van der Waals surface area contributed by atoms with E-state index in [9.17, 15) is 4.79 Å². The molecule has 0 aromatic carbocycles. The van der Waals surface area contributed by atoms with Crippen LogP contribution in [0.25, 0.3) is 0 Å². The summed E-state index contributed by atoms with van der Waals surface area (Å²) < 4.78 is 1.26. The standard InChI is InChI=1S/C13H20ClN3O/c1-3-9-6-4-5-7-10(9)16-11-8-15-17(2)13(18)12(11)14/h8-10,16H,3-7H2,1-2H3. The van der Waals surface area contributed by atoms with Gasteiger partial charge in [0, 0.05) is 13.1 Å². The average Bonchev–Trinajstić information content (AvgIpc) is 2.40. The van der Waals surface area contributed by atoms with Crippen LogP contribution in [0, 0.1) is 5.92 Å². The number of aromatic nitrogens is 2. The van der Waals surface area contributed by atoms with Gasteiger partial charge in [0.2, 0.25) is 0 Å². The highest BCUT2D eigenvalue weighted by Crippen LogP contribution is 2.30. The van der Waals surface area contributed by atoms with Crippen LogP contribution in [0.1, 0.15) is 39.0 Å². The summed E-state index contributed by atoms with van der Waals surface area (Å²) in [6, 6.07) is 0.412. The Kier molecular flexibility index (Phi) is 4.27. The van der Waals surface area contributed by atoms with E-state index >= 15 is 0 Å². The summed E-state index contributed by atoms with van der Waals surface area (Å²) >= 11 is 6.07. The Morgan fingerprint density at radius 1 is 1.50 bits per heavy atom. The Morgan fingerprint density at radius 3 is 2.94 bits per heavy atom. The molecular weight excluding hydrogens is 250 g/mol. The van der Waals surface area contributed by atoms with Crippen molar-refractivity contribution in [2.45, 2.75) is 45.1 Å². The number of rotatable bonds is 3. The molecule has 18 heavy (non-hydrogen) atoms. The van der Waals surface area contributed by atoms with Crippen molar-refractivity contribution in [3.05, 3.63) is 21.6 Å². The third-order valence-electron chi connectivity index (χ3n) is 3.85. The van der Waals surface area contributed by atoms with Crippen LogP contribution in [0.2, 0.25) is 5.02 Å². The predicted molar refractivity (Wildman–Crippen MR) is 74.1 cm³/mol. The molecule has 0 spiro atoms. The van der Waals surface area contributed by atoms with Crippen molar-refractivity contribution in [3.8, 4) is 0 Å². The number of hydrogen-bond donors (Lipinski definition) is 1. The number of nitrogens with one attached hydrogen (secondary N) is 1. The Hall–Kier alpha value is -1.03. The third kappa shape index (κ3) is 2.69. The lowest BCUT2D eigenvalue weighted by Gasteiger charge is -2.32. The van der Waals surface area contributed by atoms with Gasteiger partial charge in [0.25, 0.3) is 5.56 Å². The van der Waals surface area contributed by atoms with E-state index in [1.54, 1.807) is 13.2 Å². The molecule has 0 radical (unpaired) electrons. The van der Waals surface area contributed by atoms with E-state index in [2.05, 4.69) is 17.3 Å². The fourth-order valence-corrected chi connectivity index (χ4v) is 2.92. The molecule has 2 unspecified atom stereocenters. The summed E-state index contributed by atoms with van der Waals surface area (Å²) in [6.07, 6.45) is 7.75. The first kappa shape index (κ1) is 13.4. The topological polar surface area (TPSA) is 46.9 Å². The molecule has 1 aromatic rings. The average molecular weight is 270 g/mol. The highest BCUT2D eigenvalue weighted by Gasteiger charge is 2.24. The lowest BCUT2D eigenvalue weighted by Crippen LogP contribution is -2.33. The number of anilines is 1. The van der Waals surface area contributed by atoms with E-state index in [4.69, 9.17) is 11.6 Å². The van der Waals surface area contributed by atoms with Crippen LogP contribution in [0.5, 0.6) is 0 Å². The Morgan fingerprint density at radius 2 is 2.22 bits per heavy atom. The Balaban J connectivity index is 2.18. The Labute approximate surface area is 112 Å². The zero-order chi connectivity index (χ0) is 13.1. The molecule has 0 saturated heterocycles. The summed E-state index contributed by atoms with van der Waals surface area (Å²) in [6.45, 7) is 2.22. The van der Waals surface area contributed by atoms with Crippen LogP contribution in [0.3, 0.4) is 0 Å². The molecule has 1 aromatic heterocycles. The predicted octanol–water partition coefficient (Wildman–Crippen LogP) is 2.81. The van der Waals surface area contributed by atoms with E-state index in [0.717, 1.165) is 12.8 Å². The third-order valence-corrected chi connectivity index (χ3v) is 4.22. The van der Waals surface area contributed by atoms with Gasteiger partial charge < -0.3 is 5.32 Å². The molecule has 100 valence electrons. The molecule has 0 aliphatic heterocycles. The van der Waals surface area contributed by atoms with Crippen LogP contribution >= 0.6 is 11.6 Å². The second kappa shape index (κ2) is 5.74. The van der Waals surface area contributed by atoms with Crippen LogP contribution in [-0.2, 0) is 7.05 Å². The van der Waals surface area contributed by atoms with Gasteiger partial charge in [-0.15, -0.1) is 0 Å². The zero-order valence-corrected chi connectivity index (χ0v) is 11.7. The van der Waals surface area contributed by atoms with E-state index in [0.29, 0.717) is 17.6 Å². The van der Waals surface area contributed by atoms with Gasteiger partial charge in [0.1, 0.15) is 5.02 Å². The summed E-state index contributed by atoms with van der Waals surface area (Å²) in [5, 5.41) is 7.67. The first-order chi connectivity index (χ1) is 8.63. The smallest absolute Gasteiger partial charge is 0.287 e. The van der Waals surface area contributed by atoms with Crippen molar-refractivity contribution in [1.29, 1.82) is 0 Å². The molecule has 1 saturated carbocycles. The molecule has 0 amide bonds. The van der Waals surface area contributed by atoms with Gasteiger partial charge in [-0.1, -0.05) is 37.8 Å². The van der Waals surface area contributed by atoms with Crippen molar-refractivity contribution in [2.75, 3.05) is 5.32 Å². The molecule has 2 rings (SSSR count). The fourth-order valence-electron chi connectivity index (χ4n) is 2.70. The summed E-state index contributed by atoms with van der Waals surface area (Å²) in [7, 11) is 1.60. The van der Waals surface area contributed by atoms with Gasteiger partial charge >= 0.3 is 0 Å². The first-order valence-electron chi connectivity index (χ1n) is 6.61. The maximum atomic E-state index is 11.7. The Bertz CT molecular complexity index is 472. The second-order valence-electron chi connectivity index (χ2n) is 5.00. The first-order valence-corrected chi connectivity index (χ1v) is 6.99. The second-order valence-corrected chi connectivity index (χ2v) is 5.38. The minimum Gasteiger partial charge on any atom is -0.379 e. The van der Waals surface area contributed by atoms with Crippen LogP contribution in [-0.4, -0.2) is 15.8 Å². The molecule has 4 nitrogen and oxygen atoms in total. The monoisotopic (exact) mass is 269 g/mol. The van der Waals surface area contributed by atoms with Gasteiger partial charge in [-0.3, -0.25) is 4.79 Å². The molecular formula is C13H20ClN3O. The number of halogens is 1. The minimum atomic E-state index is -0.245. The van der Waals surface area contributed by atoms with Crippen molar-refractivity contribution >= 4 is 17.3 Å². The SMILES string of the molecule is CCC1CCCCC1Nc1cnn(C)c(=O)c1Cl. The zero-order valence-electron chi connectivity index (χ0n) is 10.9. The molecule has 5 heteroatoms. The molecule has 2 atom stereocenters. The lowest BCUT2D eigenvalue weighted by atomic mass is 9.83. The largest absolute Gasteiger partial charge is 0.379 e. The van der Waals surface area contributed by atoms with Crippen LogP contribution in [0.4, 0.5) is 5.69 Å². The molecule has 1 fully saturated rings. The maximum absolute atomic E-state index is 11.7. The highest BCUT2D eigenvalue weighted by molar-refractivity contribution is 6.32. The number of aryl methyl sites for hydroxylation is 1. The molecule has 0 bridgehead atoms. The number of nitrogens with zero attached hydrogens (tertiary/aromatic N) is 2. The molecule has 1 aliphatic carbocycles. The minimum absolute atomic E-state index is 0.243. The van der Waals surface area contributed by atoms with Gasteiger partial charge in [0.05, 0.1) is 11.9 Å². The van der Waals surface area contributed by atoms with E-state index < -0.39 is 0 Å². The van der Waals surface area contributed by atoms with E-state index in [1.165, 1.54) is 23.9 Å². The summed E-state index contributed by atoms with van der Waals surface area (Å²) in [4.78, 5) is 11.7. The van der Waals surface area contributed by atoms with Gasteiger partial charge in [-0.25, -0.2) is 4.68 Å². The van der Waals surface area contributed by atoms with Crippen molar-refractivity contribution in [2.24, 2.45) is 13.0 Å². The van der Waals surface area contributed by atoms with E-state index in [-0.39, 0.29) is 10.6 Å². The lowest BCUT2D eigenvalue weighted by molar-refractivity contribution is 0.317. The van der Waals surface area contributed by atoms with Gasteiger partial charge in [0.15, 0.2) is 0 Å². The van der Waals surface area contributed by atoms with Crippen molar-refractivity contribution in [1.82, 2.24) is 9.78 Å². The van der Waals surface area contributed by atoms with E-state index in [1.807, 2.05) is 0 Å². The van der Waals surface area contributed by atoms with Gasteiger partial charge in [-0.05, 0) is 18.8 Å².